The summed E-state index contributed by atoms with van der Waals surface area (Å²) in [4.78, 5) is 22.7. The molecular formula is C16H22N6O3. The van der Waals surface area contributed by atoms with Crippen molar-refractivity contribution in [2.24, 2.45) is 0 Å². The van der Waals surface area contributed by atoms with Crippen LogP contribution < -0.4 is 5.32 Å². The lowest BCUT2D eigenvalue weighted by Gasteiger charge is -2.33. The van der Waals surface area contributed by atoms with Gasteiger partial charge in [-0.15, -0.1) is 10.2 Å². The quantitative estimate of drug-likeness (QED) is 0.904. The van der Waals surface area contributed by atoms with E-state index in [1.807, 2.05) is 20.8 Å². The third-order valence-corrected chi connectivity index (χ3v) is 3.90. The molecule has 3 rings (SSSR count). The first kappa shape index (κ1) is 17.3. The SMILES string of the molecule is CCc1ncc(NC(=O)N2CCOC[C@H]2c2nnc(C(C)C)o2)cn1. The standard InChI is InChI=1S/C16H22N6O3/c1-4-13-17-7-11(8-18-13)19-16(23)22-5-6-24-9-12(22)15-21-20-14(25-15)10(2)3/h7-8,10,12H,4-6,9H2,1-3H3,(H,19,23)/t12-/m0/s1. The van der Waals surface area contributed by atoms with Gasteiger partial charge in [-0.05, 0) is 0 Å². The van der Waals surface area contributed by atoms with Crippen molar-refractivity contribution in [2.75, 3.05) is 25.1 Å². The molecule has 0 bridgehead atoms. The summed E-state index contributed by atoms with van der Waals surface area (Å²) in [5.74, 6) is 1.79. The molecule has 0 saturated carbocycles. The summed E-state index contributed by atoms with van der Waals surface area (Å²) >= 11 is 0. The fourth-order valence-corrected chi connectivity index (χ4v) is 2.46. The molecule has 2 aromatic rings. The van der Waals surface area contributed by atoms with Crippen LogP contribution in [0.2, 0.25) is 0 Å². The molecule has 1 aliphatic rings. The molecule has 1 fully saturated rings. The number of hydrogen-bond acceptors (Lipinski definition) is 7. The second-order valence-electron chi connectivity index (χ2n) is 6.09. The van der Waals surface area contributed by atoms with E-state index in [-0.39, 0.29) is 11.9 Å². The van der Waals surface area contributed by atoms with Gasteiger partial charge in [0.05, 0.1) is 31.3 Å². The van der Waals surface area contributed by atoms with E-state index in [1.165, 1.54) is 0 Å². The Bertz CT molecular complexity index is 715. The number of ether oxygens (including phenoxy) is 1. The number of anilines is 1. The Morgan fingerprint density at radius 3 is 2.76 bits per heavy atom. The largest absolute Gasteiger partial charge is 0.423 e. The van der Waals surface area contributed by atoms with E-state index in [0.29, 0.717) is 37.2 Å². The lowest BCUT2D eigenvalue weighted by molar-refractivity contribution is 0.00494. The Balaban J connectivity index is 1.73. The van der Waals surface area contributed by atoms with Gasteiger partial charge in [-0.25, -0.2) is 14.8 Å². The van der Waals surface area contributed by atoms with Crippen LogP contribution in [0.1, 0.15) is 50.3 Å². The highest BCUT2D eigenvalue weighted by molar-refractivity contribution is 5.89. The van der Waals surface area contributed by atoms with Crippen molar-refractivity contribution >= 4 is 11.7 Å². The Morgan fingerprint density at radius 1 is 1.36 bits per heavy atom. The van der Waals surface area contributed by atoms with Gasteiger partial charge in [0.2, 0.25) is 11.8 Å². The molecule has 9 nitrogen and oxygen atoms in total. The Morgan fingerprint density at radius 2 is 2.12 bits per heavy atom. The topological polar surface area (TPSA) is 106 Å². The smallest absolute Gasteiger partial charge is 0.322 e. The summed E-state index contributed by atoms with van der Waals surface area (Å²) in [5, 5.41) is 10.9. The van der Waals surface area contributed by atoms with Crippen molar-refractivity contribution in [3.05, 3.63) is 30.0 Å². The Kier molecular flexibility index (Phi) is 5.22. The minimum atomic E-state index is -0.412. The van der Waals surface area contributed by atoms with Crippen LogP contribution in [0.25, 0.3) is 0 Å². The van der Waals surface area contributed by atoms with Crippen molar-refractivity contribution < 1.29 is 13.9 Å². The maximum atomic E-state index is 12.7. The summed E-state index contributed by atoms with van der Waals surface area (Å²) in [6, 6.07) is -0.685. The van der Waals surface area contributed by atoms with Crippen LogP contribution in [0.5, 0.6) is 0 Å². The van der Waals surface area contributed by atoms with Gasteiger partial charge in [0.15, 0.2) is 0 Å². The number of hydrogen-bond donors (Lipinski definition) is 1. The highest BCUT2D eigenvalue weighted by Gasteiger charge is 2.33. The number of rotatable bonds is 4. The number of nitrogens with one attached hydrogen (secondary N) is 1. The first-order chi connectivity index (χ1) is 12.1. The lowest BCUT2D eigenvalue weighted by Crippen LogP contribution is -2.45. The molecule has 9 heteroatoms. The molecule has 3 heterocycles. The van der Waals surface area contributed by atoms with Crippen molar-refractivity contribution in [3.63, 3.8) is 0 Å². The van der Waals surface area contributed by atoms with Gasteiger partial charge >= 0.3 is 6.03 Å². The molecule has 2 aromatic heterocycles. The van der Waals surface area contributed by atoms with Crippen LogP contribution in [-0.2, 0) is 11.2 Å². The molecule has 1 atom stereocenters. The summed E-state index contributed by atoms with van der Waals surface area (Å²) < 4.78 is 11.2. The van der Waals surface area contributed by atoms with E-state index in [0.717, 1.165) is 12.2 Å². The van der Waals surface area contributed by atoms with Gasteiger partial charge in [0.25, 0.3) is 0 Å². The number of morpholine rings is 1. The van der Waals surface area contributed by atoms with Crippen LogP contribution in [0.3, 0.4) is 0 Å². The summed E-state index contributed by atoms with van der Waals surface area (Å²) in [6.07, 6.45) is 3.95. The number of carbonyl (C=O) groups excluding carboxylic acids is 1. The minimum Gasteiger partial charge on any atom is -0.423 e. The van der Waals surface area contributed by atoms with Gasteiger partial charge in [-0.1, -0.05) is 20.8 Å². The van der Waals surface area contributed by atoms with Crippen LogP contribution in [0, 0.1) is 0 Å². The molecule has 1 N–H and O–H groups in total. The van der Waals surface area contributed by atoms with Crippen molar-refractivity contribution in [1.82, 2.24) is 25.1 Å². The molecule has 2 amide bonds. The first-order valence-corrected chi connectivity index (χ1v) is 8.38. The maximum Gasteiger partial charge on any atom is 0.322 e. The first-order valence-electron chi connectivity index (χ1n) is 8.38. The normalized spacial score (nSPS) is 17.8. The predicted octanol–water partition coefficient (Wildman–Crippen LogP) is 2.15. The molecule has 0 aromatic carbocycles. The van der Waals surface area contributed by atoms with E-state index < -0.39 is 6.04 Å². The fraction of sp³-hybridized carbons (Fsp3) is 0.562. The zero-order valence-electron chi connectivity index (χ0n) is 14.6. The predicted molar refractivity (Wildman–Crippen MR) is 89.1 cm³/mol. The van der Waals surface area contributed by atoms with Crippen molar-refractivity contribution in [2.45, 2.75) is 39.2 Å². The van der Waals surface area contributed by atoms with Gasteiger partial charge in [0.1, 0.15) is 11.9 Å². The van der Waals surface area contributed by atoms with Crippen LogP contribution in [0.4, 0.5) is 10.5 Å². The highest BCUT2D eigenvalue weighted by atomic mass is 16.5. The Hall–Kier alpha value is -2.55. The van der Waals surface area contributed by atoms with E-state index >= 15 is 0 Å². The van der Waals surface area contributed by atoms with Crippen molar-refractivity contribution in [3.8, 4) is 0 Å². The fourth-order valence-electron chi connectivity index (χ4n) is 2.46. The van der Waals surface area contributed by atoms with E-state index in [1.54, 1.807) is 17.3 Å². The van der Waals surface area contributed by atoms with Crippen LogP contribution in [-0.4, -0.2) is 50.9 Å². The molecule has 0 radical (unpaired) electrons. The molecule has 25 heavy (non-hydrogen) atoms. The average Bonchev–Trinajstić information content (AvgIpc) is 3.12. The maximum absolute atomic E-state index is 12.7. The number of amides is 2. The zero-order chi connectivity index (χ0) is 17.8. The van der Waals surface area contributed by atoms with Gasteiger partial charge in [-0.2, -0.15) is 0 Å². The molecule has 134 valence electrons. The van der Waals surface area contributed by atoms with Crippen LogP contribution in [0.15, 0.2) is 16.8 Å². The monoisotopic (exact) mass is 346 g/mol. The lowest BCUT2D eigenvalue weighted by atomic mass is 10.2. The summed E-state index contributed by atoms with van der Waals surface area (Å²) in [6.45, 7) is 7.13. The molecule has 1 saturated heterocycles. The number of urea groups is 1. The molecule has 1 aliphatic heterocycles. The average molecular weight is 346 g/mol. The van der Waals surface area contributed by atoms with Crippen LogP contribution >= 0.6 is 0 Å². The molecular weight excluding hydrogens is 324 g/mol. The third kappa shape index (κ3) is 3.93. The minimum absolute atomic E-state index is 0.127. The molecule has 0 spiro atoms. The molecule has 0 aliphatic carbocycles. The van der Waals surface area contributed by atoms with Gasteiger partial charge in [-0.3, -0.25) is 0 Å². The summed E-state index contributed by atoms with van der Waals surface area (Å²) in [5.41, 5.74) is 0.542. The summed E-state index contributed by atoms with van der Waals surface area (Å²) in [7, 11) is 0. The second-order valence-corrected chi connectivity index (χ2v) is 6.09. The zero-order valence-corrected chi connectivity index (χ0v) is 14.6. The van der Waals surface area contributed by atoms with E-state index in [4.69, 9.17) is 9.15 Å². The van der Waals surface area contributed by atoms with Crippen molar-refractivity contribution in [1.29, 1.82) is 0 Å². The number of aromatic nitrogens is 4. The van der Waals surface area contributed by atoms with Gasteiger partial charge < -0.3 is 19.4 Å². The Labute approximate surface area is 145 Å². The van der Waals surface area contributed by atoms with E-state index in [9.17, 15) is 4.79 Å². The number of carbonyl (C=O) groups is 1. The second kappa shape index (κ2) is 7.56. The van der Waals surface area contributed by atoms with E-state index in [2.05, 4.69) is 25.5 Å². The molecule has 0 unspecified atom stereocenters. The third-order valence-electron chi connectivity index (χ3n) is 3.90. The number of aryl methyl sites for hydroxylation is 1. The van der Waals surface area contributed by atoms with Gasteiger partial charge in [0, 0.05) is 18.9 Å². The highest BCUT2D eigenvalue weighted by Crippen LogP contribution is 2.25. The number of nitrogens with zero attached hydrogens (tertiary/aromatic N) is 5.